The zero-order valence-electron chi connectivity index (χ0n) is 22.6. The molecule has 1 aliphatic carbocycles. The van der Waals surface area contributed by atoms with Gasteiger partial charge in [0, 0.05) is 36.0 Å². The zero-order valence-corrected chi connectivity index (χ0v) is 22.6. The van der Waals surface area contributed by atoms with Crippen molar-refractivity contribution in [2.75, 3.05) is 5.32 Å². The molecule has 186 valence electrons. The van der Waals surface area contributed by atoms with Gasteiger partial charge in [0.15, 0.2) is 0 Å². The molecule has 0 saturated carbocycles. The fourth-order valence-electron chi connectivity index (χ4n) is 4.50. The van der Waals surface area contributed by atoms with Gasteiger partial charge in [-0.1, -0.05) is 93.5 Å². The highest BCUT2D eigenvalue weighted by atomic mass is 16.1. The lowest BCUT2D eigenvalue weighted by molar-refractivity contribution is -0.111. The van der Waals surface area contributed by atoms with E-state index in [4.69, 9.17) is 0 Å². The van der Waals surface area contributed by atoms with E-state index in [2.05, 4.69) is 62.3 Å². The Morgan fingerprint density at radius 3 is 2.46 bits per heavy atom. The molecule has 0 fully saturated rings. The van der Waals surface area contributed by atoms with Gasteiger partial charge in [-0.3, -0.25) is 9.79 Å². The summed E-state index contributed by atoms with van der Waals surface area (Å²) < 4.78 is 0. The molecule has 0 saturated heterocycles. The number of hydrogen-bond acceptors (Lipinski definition) is 2. The molecule has 1 aliphatic heterocycles. The highest BCUT2D eigenvalue weighted by Crippen LogP contribution is 2.46. The van der Waals surface area contributed by atoms with Gasteiger partial charge in [0.2, 0.25) is 5.91 Å². The van der Waals surface area contributed by atoms with Gasteiger partial charge >= 0.3 is 0 Å². The van der Waals surface area contributed by atoms with Gasteiger partial charge in [-0.05, 0) is 62.3 Å². The molecule has 35 heavy (non-hydrogen) atoms. The molecule has 1 N–H and O–H groups in total. The Balaban J connectivity index is 0.00000210. The van der Waals surface area contributed by atoms with E-state index in [1.165, 1.54) is 35.3 Å². The lowest BCUT2D eigenvalue weighted by atomic mass is 9.68. The van der Waals surface area contributed by atoms with E-state index in [-0.39, 0.29) is 11.3 Å². The second-order valence-electron chi connectivity index (χ2n) is 9.59. The molecule has 1 atom stereocenters. The van der Waals surface area contributed by atoms with Crippen LogP contribution < -0.4 is 5.32 Å². The van der Waals surface area contributed by atoms with Crippen LogP contribution in [0.5, 0.6) is 0 Å². The molecule has 1 heterocycles. The smallest absolute Gasteiger partial charge is 0.248 e. The average molecular weight is 471 g/mol. The second-order valence-corrected chi connectivity index (χ2v) is 9.59. The highest BCUT2D eigenvalue weighted by Gasteiger charge is 2.33. The summed E-state index contributed by atoms with van der Waals surface area (Å²) in [4.78, 5) is 16.8. The fraction of sp³-hybridized carbons (Fsp3) is 0.375. The van der Waals surface area contributed by atoms with Gasteiger partial charge < -0.3 is 5.32 Å². The molecule has 3 rings (SSSR count). The van der Waals surface area contributed by atoms with Crippen LogP contribution in [-0.2, 0) is 4.79 Å². The minimum Gasteiger partial charge on any atom is -0.323 e. The van der Waals surface area contributed by atoms with Gasteiger partial charge in [0.1, 0.15) is 0 Å². The molecular formula is C32H42N2O. The zero-order chi connectivity index (χ0) is 25.8. The summed E-state index contributed by atoms with van der Waals surface area (Å²) in [5, 5.41) is 2.87. The van der Waals surface area contributed by atoms with E-state index < -0.39 is 0 Å². The third-order valence-corrected chi connectivity index (χ3v) is 6.40. The lowest BCUT2D eigenvalue weighted by Gasteiger charge is -2.37. The normalized spacial score (nSPS) is 20.2. The lowest BCUT2D eigenvalue weighted by Crippen LogP contribution is -2.25. The molecule has 0 radical (unpaired) electrons. The van der Waals surface area contributed by atoms with Crippen molar-refractivity contribution in [1.29, 1.82) is 0 Å². The molecule has 1 amide bonds. The number of rotatable bonds is 7. The summed E-state index contributed by atoms with van der Waals surface area (Å²) in [6, 6.07) is 9.48. The number of hydrogen-bond donors (Lipinski definition) is 1. The first kappa shape index (κ1) is 28.0. The monoisotopic (exact) mass is 470 g/mol. The Morgan fingerprint density at radius 1 is 1.09 bits per heavy atom. The number of carbonyl (C=O) groups excluding carboxylic acids is 1. The standard InChI is InChI=1S/C30H36N2O.C2H6/c1-22(11-9-12-23(2)21-29(33)32-25-13-7-6-8-14-25)16-17-27-24(3)26(18-19-30(27,4)5)28-15-10-20-31-28;1-2/h6-9,11-17,20-21,26H,10,18-19H2,1-5H3,(H,32,33);1-2H3/b12-9+,17-16+,22-11+,23-21-;. The van der Waals surface area contributed by atoms with Crippen LogP contribution in [0.4, 0.5) is 5.69 Å². The quantitative estimate of drug-likeness (QED) is 0.314. The van der Waals surface area contributed by atoms with Crippen molar-refractivity contribution in [2.24, 2.45) is 16.3 Å². The van der Waals surface area contributed by atoms with Crippen LogP contribution in [0.15, 0.2) is 106 Å². The van der Waals surface area contributed by atoms with Crippen molar-refractivity contribution in [3.05, 3.63) is 101 Å². The average Bonchev–Trinajstić information content (AvgIpc) is 3.35. The largest absolute Gasteiger partial charge is 0.323 e. The number of aliphatic imine (C=N–C) groups is 1. The van der Waals surface area contributed by atoms with E-state index in [0.29, 0.717) is 5.92 Å². The number of allylic oxidation sites excluding steroid dienone is 10. The van der Waals surface area contributed by atoms with Crippen LogP contribution in [0.1, 0.15) is 67.7 Å². The summed E-state index contributed by atoms with van der Waals surface area (Å²) in [6.45, 7) is 15.0. The molecule has 3 heteroatoms. The van der Waals surface area contributed by atoms with Crippen molar-refractivity contribution in [2.45, 2.75) is 67.7 Å². The number of carbonyl (C=O) groups is 1. The number of nitrogens with zero attached hydrogens (tertiary/aromatic N) is 1. The van der Waals surface area contributed by atoms with Crippen molar-refractivity contribution in [3.63, 3.8) is 0 Å². The molecule has 0 aromatic heterocycles. The number of para-hydroxylation sites is 1. The Hall–Kier alpha value is -3.20. The summed E-state index contributed by atoms with van der Waals surface area (Å²) in [5.41, 5.74) is 7.14. The van der Waals surface area contributed by atoms with Crippen molar-refractivity contribution in [3.8, 4) is 0 Å². The fourth-order valence-corrected chi connectivity index (χ4v) is 4.50. The van der Waals surface area contributed by atoms with E-state index >= 15 is 0 Å². The first-order valence-electron chi connectivity index (χ1n) is 12.8. The molecule has 2 aliphatic rings. The van der Waals surface area contributed by atoms with Crippen molar-refractivity contribution < 1.29 is 4.79 Å². The highest BCUT2D eigenvalue weighted by molar-refractivity contribution is 5.99. The van der Waals surface area contributed by atoms with E-state index in [1.807, 2.05) is 69.5 Å². The van der Waals surface area contributed by atoms with Crippen LogP contribution in [-0.4, -0.2) is 12.1 Å². The number of amides is 1. The SMILES string of the molecule is CC.CC1=C(/C=C/C(C)=C/C=C/C(C)=C\C(=O)Nc2ccccc2)C(C)(C)CCC1C1=CCC=N1. The number of benzene rings is 1. The topological polar surface area (TPSA) is 41.5 Å². The van der Waals surface area contributed by atoms with Gasteiger partial charge in [-0.2, -0.15) is 0 Å². The summed E-state index contributed by atoms with van der Waals surface area (Å²) in [5.74, 6) is 0.317. The summed E-state index contributed by atoms with van der Waals surface area (Å²) >= 11 is 0. The van der Waals surface area contributed by atoms with E-state index in [0.717, 1.165) is 17.7 Å². The Labute approximate surface area is 212 Å². The first-order valence-corrected chi connectivity index (χ1v) is 12.8. The molecule has 0 bridgehead atoms. The maximum atomic E-state index is 12.1. The maximum absolute atomic E-state index is 12.1. The predicted molar refractivity (Wildman–Crippen MR) is 153 cm³/mol. The van der Waals surface area contributed by atoms with Crippen LogP contribution in [0.25, 0.3) is 0 Å². The third kappa shape index (κ3) is 8.51. The van der Waals surface area contributed by atoms with E-state index in [1.54, 1.807) is 6.08 Å². The van der Waals surface area contributed by atoms with Crippen molar-refractivity contribution >= 4 is 17.8 Å². The Morgan fingerprint density at radius 2 is 1.80 bits per heavy atom. The molecule has 1 aromatic rings. The minimum absolute atomic E-state index is 0.123. The third-order valence-electron chi connectivity index (χ3n) is 6.40. The molecule has 3 nitrogen and oxygen atoms in total. The maximum Gasteiger partial charge on any atom is 0.248 e. The van der Waals surface area contributed by atoms with Gasteiger partial charge in [-0.15, -0.1) is 0 Å². The van der Waals surface area contributed by atoms with Crippen molar-refractivity contribution in [1.82, 2.24) is 0 Å². The Kier molecular flexibility index (Phi) is 10.9. The van der Waals surface area contributed by atoms with Crippen LogP contribution in [0.2, 0.25) is 0 Å². The van der Waals surface area contributed by atoms with Gasteiger partial charge in [0.05, 0.1) is 0 Å². The number of nitrogens with one attached hydrogen (secondary N) is 1. The molecular weight excluding hydrogens is 428 g/mol. The van der Waals surface area contributed by atoms with Crippen LogP contribution in [0.3, 0.4) is 0 Å². The minimum atomic E-state index is -0.123. The van der Waals surface area contributed by atoms with Crippen LogP contribution in [0, 0.1) is 11.3 Å². The first-order chi connectivity index (χ1) is 16.8. The van der Waals surface area contributed by atoms with Gasteiger partial charge in [-0.25, -0.2) is 0 Å². The second kappa shape index (κ2) is 13.6. The predicted octanol–water partition coefficient (Wildman–Crippen LogP) is 8.77. The molecule has 0 spiro atoms. The van der Waals surface area contributed by atoms with Crippen LogP contribution >= 0.6 is 0 Å². The summed E-state index contributed by atoms with van der Waals surface area (Å²) in [7, 11) is 0. The van der Waals surface area contributed by atoms with E-state index in [9.17, 15) is 4.79 Å². The Bertz CT molecular complexity index is 1080. The number of anilines is 1. The summed E-state index contributed by atoms with van der Waals surface area (Å²) in [6.07, 6.45) is 19.7. The molecule has 1 unspecified atom stereocenters. The van der Waals surface area contributed by atoms with Gasteiger partial charge in [0.25, 0.3) is 0 Å². The molecule has 1 aromatic carbocycles.